The second kappa shape index (κ2) is 9.12. The lowest BCUT2D eigenvalue weighted by molar-refractivity contribution is 0.0844. The Bertz CT molecular complexity index is 1430. The second-order valence-corrected chi connectivity index (χ2v) is 8.94. The molecule has 0 bridgehead atoms. The largest absolute Gasteiger partial charge is 0.491 e. The number of aliphatic hydroxyl groups excluding tert-OH is 1. The van der Waals surface area contributed by atoms with E-state index in [1.165, 1.54) is 0 Å². The van der Waals surface area contributed by atoms with Crippen LogP contribution in [0.4, 0.5) is 0 Å². The number of nitrogens with zero attached hydrogens (tertiary/aromatic N) is 4. The van der Waals surface area contributed by atoms with E-state index in [0.717, 1.165) is 18.5 Å². The molecule has 10 heteroatoms. The van der Waals surface area contributed by atoms with E-state index in [-0.39, 0.29) is 25.9 Å². The van der Waals surface area contributed by atoms with Crippen molar-refractivity contribution in [2.45, 2.75) is 31.8 Å². The normalized spacial score (nSPS) is 15.2. The quantitative estimate of drug-likeness (QED) is 0.389. The van der Waals surface area contributed by atoms with Gasteiger partial charge in [0.2, 0.25) is 6.79 Å². The molecule has 1 fully saturated rings. The molecule has 4 aromatic rings. The van der Waals surface area contributed by atoms with E-state index >= 15 is 0 Å². The molecule has 0 radical (unpaired) electrons. The van der Waals surface area contributed by atoms with Gasteiger partial charge in [0.15, 0.2) is 23.0 Å². The number of nitrogens with one attached hydrogen (secondary N) is 1. The Morgan fingerprint density at radius 2 is 2.08 bits per heavy atom. The van der Waals surface area contributed by atoms with Crippen LogP contribution in [0.2, 0.25) is 0 Å². The van der Waals surface area contributed by atoms with Crippen LogP contribution >= 0.6 is 0 Å². The van der Waals surface area contributed by atoms with E-state index in [4.69, 9.17) is 19.2 Å². The molecule has 1 aliphatic carbocycles. The zero-order valence-electron chi connectivity index (χ0n) is 19.7. The molecule has 4 heterocycles. The minimum absolute atomic E-state index is 0.00956. The molecule has 184 valence electrons. The van der Waals surface area contributed by atoms with Gasteiger partial charge in [0.05, 0.1) is 16.6 Å². The lowest BCUT2D eigenvalue weighted by Gasteiger charge is -2.14. The molecule has 6 rings (SSSR count). The van der Waals surface area contributed by atoms with Crippen LogP contribution in [0.15, 0.2) is 48.7 Å². The van der Waals surface area contributed by atoms with Crippen molar-refractivity contribution in [2.75, 3.05) is 19.9 Å². The molecule has 0 spiro atoms. The number of carbonyl (C=O) groups is 1. The Labute approximate surface area is 206 Å². The predicted molar refractivity (Wildman–Crippen MR) is 130 cm³/mol. The molecular weight excluding hydrogens is 462 g/mol. The van der Waals surface area contributed by atoms with E-state index in [9.17, 15) is 9.90 Å². The number of aryl methyl sites for hydroxylation is 1. The van der Waals surface area contributed by atoms with Gasteiger partial charge in [-0.1, -0.05) is 6.07 Å². The number of fused-ring (bicyclic) bond motifs is 2. The Morgan fingerprint density at radius 1 is 1.22 bits per heavy atom. The van der Waals surface area contributed by atoms with E-state index in [1.54, 1.807) is 29.1 Å². The second-order valence-electron chi connectivity index (χ2n) is 8.94. The number of rotatable bonds is 8. The first-order valence-electron chi connectivity index (χ1n) is 11.9. The molecule has 1 amide bonds. The van der Waals surface area contributed by atoms with Crippen LogP contribution in [0.5, 0.6) is 17.2 Å². The highest BCUT2D eigenvalue weighted by atomic mass is 16.7. The van der Waals surface area contributed by atoms with E-state index in [2.05, 4.69) is 15.4 Å². The molecule has 0 saturated heterocycles. The summed E-state index contributed by atoms with van der Waals surface area (Å²) in [4.78, 5) is 22.5. The van der Waals surface area contributed by atoms with Gasteiger partial charge in [-0.15, -0.1) is 0 Å². The number of hydrogen-bond acceptors (Lipinski definition) is 8. The molecule has 3 aromatic heterocycles. The maximum atomic E-state index is 13.3. The summed E-state index contributed by atoms with van der Waals surface area (Å²) in [6.45, 7) is 2.07. The third kappa shape index (κ3) is 4.31. The van der Waals surface area contributed by atoms with Crippen LogP contribution in [0.25, 0.3) is 16.9 Å². The fraction of sp³-hybridized carbons (Fsp3) is 0.308. The highest BCUT2D eigenvalue weighted by Crippen LogP contribution is 2.40. The average molecular weight is 488 g/mol. The monoisotopic (exact) mass is 487 g/mol. The van der Waals surface area contributed by atoms with Crippen molar-refractivity contribution in [3.8, 4) is 23.1 Å². The lowest BCUT2D eigenvalue weighted by atomic mass is 10.1. The Kier molecular flexibility index (Phi) is 5.65. The van der Waals surface area contributed by atoms with E-state index in [0.29, 0.717) is 51.3 Å². The summed E-state index contributed by atoms with van der Waals surface area (Å²) in [7, 11) is 0. The first-order valence-corrected chi connectivity index (χ1v) is 11.9. The molecule has 36 heavy (non-hydrogen) atoms. The van der Waals surface area contributed by atoms with Crippen LogP contribution in [-0.2, 0) is 0 Å². The topological polar surface area (TPSA) is 121 Å². The minimum atomic E-state index is -0.906. The van der Waals surface area contributed by atoms with Gasteiger partial charge in [0.1, 0.15) is 18.5 Å². The molecular formula is C26H25N5O5. The molecule has 1 aromatic carbocycles. The van der Waals surface area contributed by atoms with E-state index in [1.807, 2.05) is 31.2 Å². The van der Waals surface area contributed by atoms with Gasteiger partial charge < -0.3 is 24.6 Å². The molecule has 10 nitrogen and oxygen atoms in total. The third-order valence-corrected chi connectivity index (χ3v) is 6.22. The zero-order chi connectivity index (χ0) is 24.6. The smallest absolute Gasteiger partial charge is 0.252 e. The number of amides is 1. The van der Waals surface area contributed by atoms with E-state index < -0.39 is 6.10 Å². The number of aromatic nitrogens is 4. The lowest BCUT2D eigenvalue weighted by Crippen LogP contribution is -2.35. The summed E-state index contributed by atoms with van der Waals surface area (Å²) < 4.78 is 18.0. The number of benzene rings is 1. The van der Waals surface area contributed by atoms with Crippen LogP contribution in [0.3, 0.4) is 0 Å². The van der Waals surface area contributed by atoms with Gasteiger partial charge in [0, 0.05) is 30.4 Å². The van der Waals surface area contributed by atoms with Crippen LogP contribution in [-0.4, -0.2) is 56.8 Å². The number of ether oxygens (including phenoxy) is 3. The predicted octanol–water partition coefficient (Wildman–Crippen LogP) is 2.90. The summed E-state index contributed by atoms with van der Waals surface area (Å²) in [6.07, 6.45) is 2.89. The zero-order valence-corrected chi connectivity index (χ0v) is 19.7. The van der Waals surface area contributed by atoms with Crippen molar-refractivity contribution < 1.29 is 24.1 Å². The third-order valence-electron chi connectivity index (χ3n) is 6.22. The molecule has 1 atom stereocenters. The van der Waals surface area contributed by atoms with Crippen molar-refractivity contribution in [1.82, 2.24) is 25.1 Å². The summed E-state index contributed by atoms with van der Waals surface area (Å²) in [5, 5.41) is 18.6. The van der Waals surface area contributed by atoms with Crippen molar-refractivity contribution in [3.05, 3.63) is 65.6 Å². The fourth-order valence-electron chi connectivity index (χ4n) is 4.24. The molecule has 1 aliphatic heterocycles. The van der Waals surface area contributed by atoms with Gasteiger partial charge in [-0.25, -0.2) is 9.97 Å². The molecule has 1 unspecified atom stereocenters. The summed E-state index contributed by atoms with van der Waals surface area (Å²) in [6, 6.07) is 12.6. The maximum absolute atomic E-state index is 13.3. The van der Waals surface area contributed by atoms with Crippen LogP contribution < -0.4 is 19.5 Å². The van der Waals surface area contributed by atoms with Gasteiger partial charge in [-0.3, -0.25) is 4.79 Å². The molecule has 2 aliphatic rings. The van der Waals surface area contributed by atoms with Crippen molar-refractivity contribution in [1.29, 1.82) is 0 Å². The summed E-state index contributed by atoms with van der Waals surface area (Å²) in [5.41, 5.74) is 2.65. The van der Waals surface area contributed by atoms with Gasteiger partial charge in [-0.2, -0.15) is 9.78 Å². The van der Waals surface area contributed by atoms with Crippen molar-refractivity contribution in [3.63, 3.8) is 0 Å². The molecule has 2 N–H and O–H groups in total. The average Bonchev–Trinajstić information content (AvgIpc) is 3.56. The van der Waals surface area contributed by atoms with Crippen molar-refractivity contribution in [2.24, 2.45) is 0 Å². The first kappa shape index (κ1) is 22.3. The number of hydrogen-bond donors (Lipinski definition) is 2. The van der Waals surface area contributed by atoms with Gasteiger partial charge in [-0.05, 0) is 50.1 Å². The fourth-order valence-corrected chi connectivity index (χ4v) is 4.24. The summed E-state index contributed by atoms with van der Waals surface area (Å²) >= 11 is 0. The number of pyridine rings is 2. The standard InChI is InChI=1S/C26H25N5O5/c1-15-24-19(11-20(16-5-6-16)29-25(24)31(30-15)23-4-2-3-9-27-23)26(33)28-12-17(32)13-34-18-7-8-21-22(10-18)36-14-35-21/h2-4,7-11,16-17,32H,5-6,12-14H2,1H3,(H,28,33). The van der Waals surface area contributed by atoms with Crippen molar-refractivity contribution >= 4 is 16.9 Å². The first-order chi connectivity index (χ1) is 17.6. The van der Waals surface area contributed by atoms with Gasteiger partial charge in [0.25, 0.3) is 5.91 Å². The maximum Gasteiger partial charge on any atom is 0.252 e. The Hall–Kier alpha value is -4.18. The Balaban J connectivity index is 1.19. The highest BCUT2D eigenvalue weighted by Gasteiger charge is 2.29. The van der Waals surface area contributed by atoms with Crippen LogP contribution in [0, 0.1) is 6.92 Å². The highest BCUT2D eigenvalue weighted by molar-refractivity contribution is 6.06. The number of carbonyl (C=O) groups excluding carboxylic acids is 1. The SMILES string of the molecule is Cc1nn(-c2ccccn2)c2nc(C3CC3)cc(C(=O)NCC(O)COc3ccc4c(c3)OCO4)c12. The number of aliphatic hydroxyl groups is 1. The molecule has 1 saturated carbocycles. The summed E-state index contributed by atoms with van der Waals surface area (Å²) in [5.74, 6) is 2.49. The Morgan fingerprint density at radius 3 is 2.89 bits per heavy atom. The van der Waals surface area contributed by atoms with Crippen LogP contribution in [0.1, 0.15) is 40.5 Å². The van der Waals surface area contributed by atoms with Gasteiger partial charge >= 0.3 is 0 Å². The minimum Gasteiger partial charge on any atom is -0.491 e.